The average Bonchev–Trinajstić information content (AvgIpc) is 2.16. The summed E-state index contributed by atoms with van der Waals surface area (Å²) in [6.45, 7) is 1.56. The van der Waals surface area contributed by atoms with E-state index in [9.17, 15) is 0 Å². The second-order valence-electron chi connectivity index (χ2n) is 3.27. The molecule has 1 saturated heterocycles. The van der Waals surface area contributed by atoms with Crippen LogP contribution < -0.4 is 10.6 Å². The topological polar surface area (TPSA) is 55.0 Å². The summed E-state index contributed by atoms with van der Waals surface area (Å²) in [7, 11) is 0. The van der Waals surface area contributed by atoms with Crippen molar-refractivity contribution in [3.05, 3.63) is 18.7 Å². The second-order valence-corrected chi connectivity index (χ2v) is 4.34. The monoisotopic (exact) mass is 210 g/mol. The van der Waals surface area contributed by atoms with Gasteiger partial charge < -0.3 is 10.6 Å². The Kier molecular flexibility index (Phi) is 3.21. The molecule has 1 aliphatic rings. The Bertz CT molecular complexity index is 275. The highest BCUT2D eigenvalue weighted by Gasteiger charge is 2.25. The van der Waals surface area contributed by atoms with E-state index in [4.69, 9.17) is 5.73 Å². The van der Waals surface area contributed by atoms with Gasteiger partial charge in [0, 0.05) is 30.6 Å². The third-order valence-electron chi connectivity index (χ3n) is 2.31. The first-order chi connectivity index (χ1) is 6.92. The lowest BCUT2D eigenvalue weighted by atomic mass is 10.2. The number of rotatable bonds is 4. The van der Waals surface area contributed by atoms with Gasteiger partial charge in [-0.05, 0) is 0 Å². The molecule has 0 unspecified atom stereocenters. The Hall–Kier alpha value is -0.810. The number of anilines is 1. The summed E-state index contributed by atoms with van der Waals surface area (Å²) in [5.41, 5.74) is 6.68. The highest BCUT2D eigenvalue weighted by Crippen LogP contribution is 2.26. The van der Waals surface area contributed by atoms with E-state index in [1.54, 1.807) is 6.33 Å². The van der Waals surface area contributed by atoms with Gasteiger partial charge in [-0.25, -0.2) is 9.97 Å². The van der Waals surface area contributed by atoms with E-state index in [2.05, 4.69) is 14.9 Å². The molecule has 76 valence electrons. The summed E-state index contributed by atoms with van der Waals surface area (Å²) in [5.74, 6) is 2.38. The van der Waals surface area contributed by atoms with Crippen molar-refractivity contribution in [2.24, 2.45) is 5.73 Å². The molecule has 2 heterocycles. The molecular weight excluding hydrogens is 196 g/mol. The maximum atomic E-state index is 5.59. The molecule has 1 aromatic rings. The molecule has 1 aromatic heterocycles. The van der Waals surface area contributed by atoms with Gasteiger partial charge in [0.15, 0.2) is 0 Å². The maximum Gasteiger partial charge on any atom is 0.115 e. The van der Waals surface area contributed by atoms with Gasteiger partial charge in [0.1, 0.15) is 6.33 Å². The van der Waals surface area contributed by atoms with Crippen molar-refractivity contribution in [3.63, 3.8) is 0 Å². The molecule has 5 heteroatoms. The van der Waals surface area contributed by atoms with Crippen LogP contribution in [0.1, 0.15) is 0 Å². The Balaban J connectivity index is 2.09. The molecule has 0 atom stereocenters. The quantitative estimate of drug-likeness (QED) is 0.777. The Morgan fingerprint density at radius 3 is 2.64 bits per heavy atom. The Morgan fingerprint density at radius 1 is 1.43 bits per heavy atom. The smallest absolute Gasteiger partial charge is 0.115 e. The lowest BCUT2D eigenvalue weighted by molar-refractivity contribution is 0.674. The van der Waals surface area contributed by atoms with Gasteiger partial charge in [0.25, 0.3) is 0 Å². The first-order valence-corrected chi connectivity index (χ1v) is 5.86. The molecule has 0 spiro atoms. The first kappa shape index (κ1) is 9.73. The fourth-order valence-electron chi connectivity index (χ4n) is 1.50. The van der Waals surface area contributed by atoms with E-state index >= 15 is 0 Å². The van der Waals surface area contributed by atoms with Crippen LogP contribution in [0, 0.1) is 0 Å². The molecule has 0 bridgehead atoms. The van der Waals surface area contributed by atoms with Gasteiger partial charge in [-0.1, -0.05) is 0 Å². The zero-order valence-corrected chi connectivity index (χ0v) is 8.78. The van der Waals surface area contributed by atoms with Crippen molar-refractivity contribution < 1.29 is 0 Å². The number of nitrogens with zero attached hydrogens (tertiary/aromatic N) is 3. The van der Waals surface area contributed by atoms with Crippen molar-refractivity contribution in [3.8, 4) is 0 Å². The van der Waals surface area contributed by atoms with E-state index < -0.39 is 0 Å². The van der Waals surface area contributed by atoms with Crippen molar-refractivity contribution in [1.82, 2.24) is 9.97 Å². The van der Waals surface area contributed by atoms with Gasteiger partial charge in [-0.2, -0.15) is 11.8 Å². The van der Waals surface area contributed by atoms with Crippen LogP contribution in [0.15, 0.2) is 18.7 Å². The van der Waals surface area contributed by atoms with Crippen LogP contribution in [-0.2, 0) is 0 Å². The second kappa shape index (κ2) is 4.61. The van der Waals surface area contributed by atoms with E-state index in [0.29, 0.717) is 12.6 Å². The standard InChI is InChI=1S/C9H14N4S/c10-1-2-13(9-5-14-6-9)8-3-11-7-12-4-8/h3-4,7,9H,1-2,5-6,10H2. The number of hydrogen-bond donors (Lipinski definition) is 1. The molecule has 1 fully saturated rings. The molecule has 4 nitrogen and oxygen atoms in total. The molecule has 0 radical (unpaired) electrons. The minimum absolute atomic E-state index is 0.620. The van der Waals surface area contributed by atoms with Crippen LogP contribution in [0.4, 0.5) is 5.69 Å². The van der Waals surface area contributed by atoms with Crippen molar-refractivity contribution in [1.29, 1.82) is 0 Å². The fourth-order valence-corrected chi connectivity index (χ4v) is 2.31. The molecule has 2 rings (SSSR count). The molecule has 0 saturated carbocycles. The lowest BCUT2D eigenvalue weighted by Gasteiger charge is -2.38. The molecule has 1 aliphatic heterocycles. The van der Waals surface area contributed by atoms with Crippen LogP contribution in [0.3, 0.4) is 0 Å². The number of nitrogens with two attached hydrogens (primary N) is 1. The zero-order valence-electron chi connectivity index (χ0n) is 7.97. The number of aromatic nitrogens is 2. The summed E-state index contributed by atoms with van der Waals surface area (Å²) in [6.07, 6.45) is 5.26. The van der Waals surface area contributed by atoms with E-state index in [1.165, 1.54) is 11.5 Å². The van der Waals surface area contributed by atoms with Crippen LogP contribution >= 0.6 is 11.8 Å². The highest BCUT2D eigenvalue weighted by molar-refractivity contribution is 8.00. The van der Waals surface area contributed by atoms with Gasteiger partial charge in [0.05, 0.1) is 18.1 Å². The lowest BCUT2D eigenvalue weighted by Crippen LogP contribution is -2.46. The Labute approximate surface area is 87.9 Å². The van der Waals surface area contributed by atoms with E-state index in [0.717, 1.165) is 12.2 Å². The normalized spacial score (nSPS) is 16.4. The van der Waals surface area contributed by atoms with Gasteiger partial charge in [-0.3, -0.25) is 0 Å². The molecule has 0 amide bonds. The van der Waals surface area contributed by atoms with Crippen molar-refractivity contribution >= 4 is 17.4 Å². The first-order valence-electron chi connectivity index (χ1n) is 4.71. The van der Waals surface area contributed by atoms with Crippen LogP contribution in [0.5, 0.6) is 0 Å². The molecule has 14 heavy (non-hydrogen) atoms. The minimum Gasteiger partial charge on any atom is -0.363 e. The van der Waals surface area contributed by atoms with Gasteiger partial charge >= 0.3 is 0 Å². The van der Waals surface area contributed by atoms with Crippen molar-refractivity contribution in [2.45, 2.75) is 6.04 Å². The van der Waals surface area contributed by atoms with Gasteiger partial charge in [0.2, 0.25) is 0 Å². The SMILES string of the molecule is NCCN(c1cncnc1)C1CSC1. The van der Waals surface area contributed by atoms with E-state index in [1.807, 2.05) is 24.2 Å². The third kappa shape index (κ3) is 1.99. The summed E-state index contributed by atoms with van der Waals surface area (Å²) in [5, 5.41) is 0. The predicted octanol–water partition coefficient (Wildman–Crippen LogP) is 0.357. The van der Waals surface area contributed by atoms with E-state index in [-0.39, 0.29) is 0 Å². The summed E-state index contributed by atoms with van der Waals surface area (Å²) in [4.78, 5) is 10.4. The maximum absolute atomic E-state index is 5.59. The zero-order chi connectivity index (χ0) is 9.80. The van der Waals surface area contributed by atoms with Crippen LogP contribution in [0.2, 0.25) is 0 Å². The molecule has 2 N–H and O–H groups in total. The average molecular weight is 210 g/mol. The van der Waals surface area contributed by atoms with Crippen molar-refractivity contribution in [2.75, 3.05) is 29.5 Å². The molecular formula is C9H14N4S. The number of hydrogen-bond acceptors (Lipinski definition) is 5. The van der Waals surface area contributed by atoms with Crippen LogP contribution in [-0.4, -0.2) is 40.6 Å². The Morgan fingerprint density at radius 2 is 2.14 bits per heavy atom. The van der Waals surface area contributed by atoms with Gasteiger partial charge in [-0.15, -0.1) is 0 Å². The number of thioether (sulfide) groups is 1. The summed E-state index contributed by atoms with van der Waals surface area (Å²) < 4.78 is 0. The fraction of sp³-hybridized carbons (Fsp3) is 0.556. The highest BCUT2D eigenvalue weighted by atomic mass is 32.2. The minimum atomic E-state index is 0.620. The third-order valence-corrected chi connectivity index (χ3v) is 3.55. The molecule has 0 aromatic carbocycles. The predicted molar refractivity (Wildman–Crippen MR) is 59.5 cm³/mol. The largest absolute Gasteiger partial charge is 0.363 e. The summed E-state index contributed by atoms with van der Waals surface area (Å²) >= 11 is 1.97. The van der Waals surface area contributed by atoms with Crippen LogP contribution in [0.25, 0.3) is 0 Å². The molecule has 0 aliphatic carbocycles. The summed E-state index contributed by atoms with van der Waals surface area (Å²) in [6, 6.07) is 0.620.